The van der Waals surface area contributed by atoms with E-state index < -0.39 is 13.6 Å². The number of hydrogen-bond donors (Lipinski definition) is 1. The van der Waals surface area contributed by atoms with Gasteiger partial charge in [-0.1, -0.05) is 0 Å². The average molecular weight is 269 g/mol. The Hall–Kier alpha value is -0.0701. The summed E-state index contributed by atoms with van der Waals surface area (Å²) in [6.45, 7) is 12.8. The Kier molecular flexibility index (Phi) is 2.91. The molecular weight excluding hydrogens is 244 g/mol. The lowest BCUT2D eigenvalue weighted by atomic mass is 9.37. The minimum absolute atomic E-state index is 0.196. The minimum atomic E-state index is -1.56. The van der Waals surface area contributed by atoms with Crippen molar-refractivity contribution in [1.29, 1.82) is 0 Å². The van der Waals surface area contributed by atoms with Gasteiger partial charge in [0, 0.05) is 0 Å². The van der Waals surface area contributed by atoms with Crippen LogP contribution in [0.1, 0.15) is 41.5 Å². The van der Waals surface area contributed by atoms with E-state index in [0.29, 0.717) is 0 Å². The van der Waals surface area contributed by atoms with E-state index in [2.05, 4.69) is 41.5 Å². The Bertz CT molecular complexity index is 360. The van der Waals surface area contributed by atoms with Gasteiger partial charge >= 0.3 is 13.6 Å². The molecule has 0 spiro atoms. The summed E-state index contributed by atoms with van der Waals surface area (Å²) in [4.78, 5) is 1.35. The summed E-state index contributed by atoms with van der Waals surface area (Å²) in [5.41, 5.74) is -0.687. The number of hydrogen-bond acceptors (Lipinski definition) is 4. The SMILES string of the molecule is C[C@@H]1C[NH+]2C[C@H](C)O[B-]2(B2OC(C)(C)C(C)(C)O2)O1. The van der Waals surface area contributed by atoms with Gasteiger partial charge in [-0.25, -0.2) is 0 Å². The first-order chi connectivity index (χ1) is 8.66. The third-order valence-electron chi connectivity index (χ3n) is 5.17. The minimum Gasteiger partial charge on any atom is -0.511 e. The molecule has 19 heavy (non-hydrogen) atoms. The molecule has 1 N–H and O–H groups in total. The predicted octanol–water partition coefficient (Wildman–Crippen LogP) is -0.182. The summed E-state index contributed by atoms with van der Waals surface area (Å²) in [7, 11) is -0.408. The smallest absolute Gasteiger partial charge is 0.490 e. The lowest BCUT2D eigenvalue weighted by molar-refractivity contribution is -0.783. The molecule has 3 rings (SSSR count). The van der Waals surface area contributed by atoms with E-state index in [1.807, 2.05) is 0 Å². The number of rotatable bonds is 1. The highest BCUT2D eigenvalue weighted by molar-refractivity contribution is 7.18. The van der Waals surface area contributed by atoms with Crippen molar-refractivity contribution in [2.75, 3.05) is 13.1 Å². The fraction of sp³-hybridized carbons (Fsp3) is 1.00. The first-order valence-electron chi connectivity index (χ1n) is 7.37. The van der Waals surface area contributed by atoms with Gasteiger partial charge in [0.15, 0.2) is 0 Å². The van der Waals surface area contributed by atoms with Gasteiger partial charge in [-0.15, -0.1) is 0 Å². The van der Waals surface area contributed by atoms with Gasteiger partial charge in [-0.3, -0.25) is 0 Å². The zero-order valence-electron chi connectivity index (χ0n) is 12.9. The molecule has 3 aliphatic rings. The third kappa shape index (κ3) is 1.90. The van der Waals surface area contributed by atoms with Crippen molar-refractivity contribution in [3.8, 4) is 0 Å². The first-order valence-corrected chi connectivity index (χ1v) is 7.37. The van der Waals surface area contributed by atoms with Crippen molar-refractivity contribution in [2.45, 2.75) is 65.0 Å². The molecule has 3 aliphatic heterocycles. The van der Waals surface area contributed by atoms with E-state index in [4.69, 9.17) is 18.6 Å². The summed E-state index contributed by atoms with van der Waals surface area (Å²) in [5.74, 6) is 0. The van der Waals surface area contributed by atoms with Crippen LogP contribution in [-0.4, -0.2) is 50.1 Å². The summed E-state index contributed by atoms with van der Waals surface area (Å²) < 4.78 is 24.7. The van der Waals surface area contributed by atoms with Gasteiger partial charge in [-0.2, -0.15) is 0 Å². The van der Waals surface area contributed by atoms with Gasteiger partial charge in [0.05, 0.1) is 36.5 Å². The van der Waals surface area contributed by atoms with Gasteiger partial charge in [0.2, 0.25) is 0 Å². The van der Waals surface area contributed by atoms with E-state index in [-0.39, 0.29) is 23.4 Å². The van der Waals surface area contributed by atoms with Crippen molar-refractivity contribution in [2.24, 2.45) is 0 Å². The summed E-state index contributed by atoms with van der Waals surface area (Å²) in [6, 6.07) is 0. The van der Waals surface area contributed by atoms with Gasteiger partial charge in [0.25, 0.3) is 0 Å². The lowest BCUT2D eigenvalue weighted by Gasteiger charge is -2.33. The van der Waals surface area contributed by atoms with E-state index in [9.17, 15) is 0 Å². The van der Waals surface area contributed by atoms with E-state index in [0.717, 1.165) is 13.1 Å². The molecule has 5 nitrogen and oxygen atoms in total. The Morgan fingerprint density at radius 3 is 1.79 bits per heavy atom. The molecule has 0 radical (unpaired) electrons. The molecule has 0 aromatic rings. The van der Waals surface area contributed by atoms with Crippen LogP contribution in [0.4, 0.5) is 0 Å². The average Bonchev–Trinajstić information content (AvgIpc) is 2.74. The standard InChI is InChI=1S/C12H25B2NO4/c1-9-7-15-8-10(2)17-14(15,16-9)13-18-11(3,4)12(5,6)19-13/h9-10,15H,7-8H2,1-6H3/t9-,10+,14?. The Morgan fingerprint density at radius 1 is 0.947 bits per heavy atom. The molecule has 3 fully saturated rings. The van der Waals surface area contributed by atoms with Crippen molar-refractivity contribution in [3.63, 3.8) is 0 Å². The summed E-state index contributed by atoms with van der Waals surface area (Å²) >= 11 is 0. The highest BCUT2D eigenvalue weighted by atomic mass is 16.7. The van der Waals surface area contributed by atoms with Crippen molar-refractivity contribution in [1.82, 2.24) is 0 Å². The normalized spacial score (nSPS) is 47.7. The Balaban J connectivity index is 1.89. The van der Waals surface area contributed by atoms with Crippen molar-refractivity contribution >= 4 is 13.6 Å². The molecule has 108 valence electrons. The molecule has 3 saturated heterocycles. The fourth-order valence-electron chi connectivity index (χ4n) is 3.55. The van der Waals surface area contributed by atoms with Crippen LogP contribution in [0.5, 0.6) is 0 Å². The topological polar surface area (TPSA) is 41.4 Å². The molecule has 0 aromatic carbocycles. The van der Waals surface area contributed by atoms with E-state index >= 15 is 0 Å². The van der Waals surface area contributed by atoms with Crippen molar-refractivity contribution < 1.29 is 23.4 Å². The van der Waals surface area contributed by atoms with Gasteiger partial charge in [0.1, 0.15) is 0 Å². The summed E-state index contributed by atoms with van der Waals surface area (Å²) in [5, 5.41) is 0. The first kappa shape index (κ1) is 13.9. The number of nitrogens with one attached hydrogen (secondary N) is 1. The van der Waals surface area contributed by atoms with Gasteiger partial charge < -0.3 is 23.4 Å². The van der Waals surface area contributed by atoms with E-state index in [1.54, 1.807) is 0 Å². The Morgan fingerprint density at radius 2 is 1.37 bits per heavy atom. The molecule has 0 aliphatic carbocycles. The molecule has 0 saturated carbocycles. The van der Waals surface area contributed by atoms with Gasteiger partial charge in [-0.05, 0) is 41.5 Å². The molecule has 7 heteroatoms. The van der Waals surface area contributed by atoms with Crippen LogP contribution in [0.25, 0.3) is 0 Å². The highest BCUT2D eigenvalue weighted by Crippen LogP contribution is 2.39. The van der Waals surface area contributed by atoms with Crippen LogP contribution in [0.2, 0.25) is 0 Å². The van der Waals surface area contributed by atoms with Crippen LogP contribution < -0.4 is 4.81 Å². The third-order valence-corrected chi connectivity index (χ3v) is 5.17. The molecule has 0 bridgehead atoms. The molecule has 0 aromatic heterocycles. The largest absolute Gasteiger partial charge is 0.511 e. The highest BCUT2D eigenvalue weighted by Gasteiger charge is 2.68. The monoisotopic (exact) mass is 269 g/mol. The zero-order chi connectivity index (χ0) is 14.1. The maximum absolute atomic E-state index is 6.18. The van der Waals surface area contributed by atoms with E-state index in [1.165, 1.54) is 4.81 Å². The maximum Gasteiger partial charge on any atom is 0.490 e. The molecule has 3 heterocycles. The summed E-state index contributed by atoms with van der Waals surface area (Å²) in [6.07, 6.45) is 0.392. The van der Waals surface area contributed by atoms with Crippen LogP contribution in [0.15, 0.2) is 0 Å². The lowest BCUT2D eigenvalue weighted by Crippen LogP contribution is -3.21. The second kappa shape index (κ2) is 3.98. The van der Waals surface area contributed by atoms with Crippen molar-refractivity contribution in [3.05, 3.63) is 0 Å². The second-order valence-corrected chi connectivity index (χ2v) is 7.36. The quantitative estimate of drug-likeness (QED) is 0.670. The predicted molar refractivity (Wildman–Crippen MR) is 73.6 cm³/mol. The van der Waals surface area contributed by atoms with Crippen LogP contribution in [-0.2, 0) is 18.6 Å². The number of quaternary nitrogens is 1. The maximum atomic E-state index is 6.18. The fourth-order valence-corrected chi connectivity index (χ4v) is 3.55. The Labute approximate surface area is 116 Å². The molecule has 4 atom stereocenters. The van der Waals surface area contributed by atoms with Crippen LogP contribution in [0.3, 0.4) is 0 Å². The second-order valence-electron chi connectivity index (χ2n) is 7.36. The van der Waals surface area contributed by atoms with Crippen LogP contribution in [0, 0.1) is 0 Å². The van der Waals surface area contributed by atoms with Crippen LogP contribution >= 0.6 is 0 Å². The number of fused-ring (bicyclic) bond motifs is 1. The molecule has 2 unspecified atom stereocenters. The zero-order valence-corrected chi connectivity index (χ0v) is 12.9. The molecule has 0 amide bonds. The molecular formula is C12H25B2NO4.